The Balaban J connectivity index is 1.08. The van der Waals surface area contributed by atoms with Crippen molar-refractivity contribution in [1.82, 2.24) is 15.0 Å². The van der Waals surface area contributed by atoms with Gasteiger partial charge in [0.15, 0.2) is 17.5 Å². The van der Waals surface area contributed by atoms with Crippen LogP contribution in [-0.2, 0) is 0 Å². The average molecular weight is 692 g/mol. The number of furan rings is 2. The maximum Gasteiger partial charge on any atom is 0.164 e. The van der Waals surface area contributed by atoms with E-state index in [-0.39, 0.29) is 0 Å². The van der Waals surface area contributed by atoms with E-state index in [2.05, 4.69) is 121 Å². The Labute approximate surface area is 309 Å². The van der Waals surface area contributed by atoms with E-state index in [9.17, 15) is 0 Å². The molecule has 5 nitrogen and oxygen atoms in total. The highest BCUT2D eigenvalue weighted by Gasteiger charge is 2.20. The van der Waals surface area contributed by atoms with Gasteiger partial charge in [0, 0.05) is 43.8 Å². The van der Waals surface area contributed by atoms with Crippen LogP contribution in [0, 0.1) is 0 Å². The van der Waals surface area contributed by atoms with Crippen molar-refractivity contribution in [2.75, 3.05) is 0 Å². The van der Waals surface area contributed by atoms with Gasteiger partial charge in [-0.3, -0.25) is 0 Å². The zero-order chi connectivity index (χ0) is 35.6. The number of hydrogen-bond donors (Lipinski definition) is 0. The largest absolute Gasteiger partial charge is 0.456 e. The number of hydrogen-bond acceptors (Lipinski definition) is 5. The number of fused-ring (bicyclic) bond motifs is 7. The lowest BCUT2D eigenvalue weighted by molar-refractivity contribution is 0.668. The van der Waals surface area contributed by atoms with Gasteiger partial charge in [0.25, 0.3) is 0 Å². The molecule has 3 aromatic heterocycles. The molecule has 252 valence electrons. The first-order valence-corrected chi connectivity index (χ1v) is 18.0. The van der Waals surface area contributed by atoms with Crippen LogP contribution in [0.3, 0.4) is 0 Å². The van der Waals surface area contributed by atoms with Crippen molar-refractivity contribution in [3.8, 4) is 56.4 Å². The molecule has 0 N–H and O–H groups in total. The third kappa shape index (κ3) is 4.98. The second-order valence-corrected chi connectivity index (χ2v) is 13.6. The van der Waals surface area contributed by atoms with Crippen molar-refractivity contribution >= 4 is 54.6 Å². The van der Waals surface area contributed by atoms with Crippen LogP contribution in [0.25, 0.3) is 111 Å². The molecule has 54 heavy (non-hydrogen) atoms. The molecule has 0 amide bonds. The molecule has 5 heteroatoms. The summed E-state index contributed by atoms with van der Waals surface area (Å²) in [7, 11) is 0. The summed E-state index contributed by atoms with van der Waals surface area (Å²) in [4.78, 5) is 15.2. The normalized spacial score (nSPS) is 11.7. The van der Waals surface area contributed by atoms with Crippen LogP contribution in [0.4, 0.5) is 0 Å². The Morgan fingerprint density at radius 3 is 1.69 bits per heavy atom. The van der Waals surface area contributed by atoms with E-state index in [1.54, 1.807) is 0 Å². The quantitative estimate of drug-likeness (QED) is 0.180. The molecule has 0 spiro atoms. The lowest BCUT2D eigenvalue weighted by atomic mass is 9.98. The molecular formula is C49H29N3O2. The average Bonchev–Trinajstić information content (AvgIpc) is 3.81. The third-order valence-electron chi connectivity index (χ3n) is 10.3. The Kier molecular flexibility index (Phi) is 6.79. The zero-order valence-corrected chi connectivity index (χ0v) is 28.9. The van der Waals surface area contributed by atoms with Crippen molar-refractivity contribution in [1.29, 1.82) is 0 Å². The van der Waals surface area contributed by atoms with E-state index in [4.69, 9.17) is 23.8 Å². The zero-order valence-electron chi connectivity index (χ0n) is 28.9. The van der Waals surface area contributed by atoms with Gasteiger partial charge in [-0.1, -0.05) is 146 Å². The Hall–Kier alpha value is -7.37. The van der Waals surface area contributed by atoms with Crippen molar-refractivity contribution in [2.24, 2.45) is 0 Å². The van der Waals surface area contributed by atoms with Gasteiger partial charge >= 0.3 is 0 Å². The van der Waals surface area contributed by atoms with Gasteiger partial charge in [0.1, 0.15) is 22.3 Å². The monoisotopic (exact) mass is 691 g/mol. The standard InChI is InChI=1S/C49H29N3O2/c1-3-11-30(12-4-1)31-21-23-33(24-22-31)48-50-47(32-13-5-2-6-14-32)51-49(52-48)39-19-10-20-43-45(39)41-28-36(25-26-42(41)53-43)37-17-9-18-38-40-27-34-15-7-8-16-35(34)29-44(40)54-46(37)38/h1-29H. The lowest BCUT2D eigenvalue weighted by Gasteiger charge is -2.10. The molecule has 0 aliphatic heterocycles. The van der Waals surface area contributed by atoms with E-state index in [1.165, 1.54) is 5.39 Å². The smallest absolute Gasteiger partial charge is 0.164 e. The fourth-order valence-electron chi connectivity index (χ4n) is 7.68. The molecule has 0 atom stereocenters. The fraction of sp³-hybridized carbons (Fsp3) is 0. The molecule has 11 rings (SSSR count). The Morgan fingerprint density at radius 1 is 0.315 bits per heavy atom. The summed E-state index contributed by atoms with van der Waals surface area (Å²) < 4.78 is 13.1. The highest BCUT2D eigenvalue weighted by atomic mass is 16.3. The summed E-state index contributed by atoms with van der Waals surface area (Å²) in [6.07, 6.45) is 0. The van der Waals surface area contributed by atoms with Crippen LogP contribution in [0.15, 0.2) is 185 Å². The molecule has 0 aliphatic rings. The third-order valence-corrected chi connectivity index (χ3v) is 10.3. The Bertz CT molecular complexity index is 3200. The van der Waals surface area contributed by atoms with Crippen LogP contribution in [0.2, 0.25) is 0 Å². The molecule has 0 fully saturated rings. The van der Waals surface area contributed by atoms with Gasteiger partial charge in [-0.15, -0.1) is 0 Å². The maximum atomic E-state index is 6.61. The lowest BCUT2D eigenvalue weighted by Crippen LogP contribution is -2.00. The van der Waals surface area contributed by atoms with Gasteiger partial charge in [-0.25, -0.2) is 15.0 Å². The van der Waals surface area contributed by atoms with Crippen LogP contribution >= 0.6 is 0 Å². The van der Waals surface area contributed by atoms with Crippen molar-refractivity contribution < 1.29 is 8.83 Å². The van der Waals surface area contributed by atoms with Gasteiger partial charge in [0.05, 0.1) is 0 Å². The minimum Gasteiger partial charge on any atom is -0.456 e. The molecular weight excluding hydrogens is 663 g/mol. The minimum absolute atomic E-state index is 0.580. The van der Waals surface area contributed by atoms with E-state index in [0.29, 0.717) is 17.5 Å². The van der Waals surface area contributed by atoms with E-state index >= 15 is 0 Å². The van der Waals surface area contributed by atoms with Gasteiger partial charge in [-0.2, -0.15) is 0 Å². The minimum atomic E-state index is 0.580. The number of nitrogens with zero attached hydrogens (tertiary/aromatic N) is 3. The van der Waals surface area contributed by atoms with Crippen LogP contribution < -0.4 is 0 Å². The van der Waals surface area contributed by atoms with Crippen LogP contribution in [-0.4, -0.2) is 15.0 Å². The predicted molar refractivity (Wildman–Crippen MR) is 219 cm³/mol. The van der Waals surface area contributed by atoms with Crippen molar-refractivity contribution in [3.63, 3.8) is 0 Å². The summed E-state index contributed by atoms with van der Waals surface area (Å²) >= 11 is 0. The predicted octanol–water partition coefficient (Wildman–Crippen LogP) is 13.2. The van der Waals surface area contributed by atoms with Gasteiger partial charge in [-0.05, 0) is 57.8 Å². The number of benzene rings is 8. The molecule has 0 unspecified atom stereocenters. The molecule has 0 bridgehead atoms. The summed E-state index contributed by atoms with van der Waals surface area (Å²) in [5.74, 6) is 1.79. The summed E-state index contributed by atoms with van der Waals surface area (Å²) in [6, 6.07) is 60.4. The van der Waals surface area contributed by atoms with Gasteiger partial charge in [0.2, 0.25) is 0 Å². The molecule has 0 saturated carbocycles. The fourth-order valence-corrected chi connectivity index (χ4v) is 7.68. The summed E-state index contributed by atoms with van der Waals surface area (Å²) in [5, 5.41) is 6.48. The van der Waals surface area contributed by atoms with Crippen LogP contribution in [0.1, 0.15) is 0 Å². The molecule has 0 aliphatic carbocycles. The van der Waals surface area contributed by atoms with E-state index in [1.807, 2.05) is 54.6 Å². The number of para-hydroxylation sites is 1. The second-order valence-electron chi connectivity index (χ2n) is 13.6. The maximum absolute atomic E-state index is 6.61. The first-order chi connectivity index (χ1) is 26.7. The first-order valence-electron chi connectivity index (χ1n) is 18.0. The number of rotatable bonds is 5. The van der Waals surface area contributed by atoms with Crippen LogP contribution in [0.5, 0.6) is 0 Å². The summed E-state index contributed by atoms with van der Waals surface area (Å²) in [5.41, 5.74) is 10.4. The van der Waals surface area contributed by atoms with E-state index in [0.717, 1.165) is 88.2 Å². The van der Waals surface area contributed by atoms with Gasteiger partial charge < -0.3 is 8.83 Å². The molecule has 11 aromatic rings. The highest BCUT2D eigenvalue weighted by molar-refractivity contribution is 6.15. The number of aromatic nitrogens is 3. The molecule has 8 aromatic carbocycles. The highest BCUT2D eigenvalue weighted by Crippen LogP contribution is 2.41. The van der Waals surface area contributed by atoms with E-state index < -0.39 is 0 Å². The second kappa shape index (κ2) is 12.1. The summed E-state index contributed by atoms with van der Waals surface area (Å²) in [6.45, 7) is 0. The first kappa shape index (κ1) is 30.3. The molecule has 0 saturated heterocycles. The molecule has 3 heterocycles. The molecule has 0 radical (unpaired) electrons. The topological polar surface area (TPSA) is 65.0 Å². The SMILES string of the molecule is c1ccc(-c2ccc(-c3nc(-c4ccccc4)nc(-c4cccc5oc6ccc(-c7cccc8c7oc7cc9ccccc9cc78)cc6c45)n3)cc2)cc1. The van der Waals surface area contributed by atoms with Crippen molar-refractivity contribution in [3.05, 3.63) is 176 Å². The van der Waals surface area contributed by atoms with Crippen molar-refractivity contribution in [2.45, 2.75) is 0 Å². The Morgan fingerprint density at radius 2 is 0.907 bits per heavy atom.